The Hall–Kier alpha value is -0.370. The maximum atomic E-state index is 12.2. The molecule has 0 heterocycles. The first-order valence-electron chi connectivity index (χ1n) is 8.98. The molecule has 2 heteroatoms. The Balaban J connectivity index is 1.86. The Kier molecular flexibility index (Phi) is 3.75. The summed E-state index contributed by atoms with van der Waals surface area (Å²) in [5.41, 5.74) is 0.313. The average molecular weight is 292 g/mol. The normalized spacial score (nSPS) is 53.7. The van der Waals surface area contributed by atoms with Crippen molar-refractivity contribution in [1.82, 2.24) is 0 Å². The van der Waals surface area contributed by atoms with E-state index >= 15 is 0 Å². The van der Waals surface area contributed by atoms with Gasteiger partial charge in [0.25, 0.3) is 0 Å². The number of ketones is 1. The molecule has 0 bridgehead atoms. The second-order valence-corrected chi connectivity index (χ2v) is 8.78. The molecule has 3 rings (SSSR count). The minimum absolute atomic E-state index is 0.0666. The van der Waals surface area contributed by atoms with Crippen LogP contribution in [0.2, 0.25) is 0 Å². The lowest BCUT2D eigenvalue weighted by Gasteiger charge is -2.60. The van der Waals surface area contributed by atoms with Crippen LogP contribution in [-0.4, -0.2) is 17.0 Å². The first-order chi connectivity index (χ1) is 9.79. The quantitative estimate of drug-likeness (QED) is 0.786. The van der Waals surface area contributed by atoms with E-state index < -0.39 is 0 Å². The van der Waals surface area contributed by atoms with Gasteiger partial charge in [-0.05, 0) is 81.0 Å². The molecule has 0 aromatic carbocycles. The van der Waals surface area contributed by atoms with Crippen LogP contribution in [0.1, 0.15) is 72.6 Å². The fourth-order valence-electron chi connectivity index (χ4n) is 6.21. The summed E-state index contributed by atoms with van der Waals surface area (Å²) in [6, 6.07) is 0. The van der Waals surface area contributed by atoms with Gasteiger partial charge in [0.2, 0.25) is 0 Å². The van der Waals surface area contributed by atoms with Gasteiger partial charge in [0.05, 0.1) is 6.10 Å². The molecule has 0 spiro atoms. The van der Waals surface area contributed by atoms with Crippen LogP contribution in [0.3, 0.4) is 0 Å². The van der Waals surface area contributed by atoms with E-state index in [1.54, 1.807) is 6.92 Å². The first kappa shape index (κ1) is 15.5. The number of carbonyl (C=O) groups excluding carboxylic acids is 1. The summed E-state index contributed by atoms with van der Waals surface area (Å²) in [4.78, 5) is 12.2. The second-order valence-electron chi connectivity index (χ2n) is 8.78. The van der Waals surface area contributed by atoms with Gasteiger partial charge >= 0.3 is 0 Å². The molecule has 7 unspecified atom stereocenters. The molecule has 0 radical (unpaired) electrons. The number of Topliss-reactive ketones (excluding diaryl/α,β-unsaturated/α-hetero) is 1. The van der Waals surface area contributed by atoms with Crippen molar-refractivity contribution < 1.29 is 9.90 Å². The summed E-state index contributed by atoms with van der Waals surface area (Å²) in [6.07, 6.45) is 7.91. The minimum atomic E-state index is -0.0987. The van der Waals surface area contributed by atoms with Gasteiger partial charge in [0, 0.05) is 5.41 Å². The van der Waals surface area contributed by atoms with Crippen LogP contribution in [0.5, 0.6) is 0 Å². The number of fused-ring (bicyclic) bond motifs is 3. The lowest BCUT2D eigenvalue weighted by molar-refractivity contribution is -0.148. The molecule has 3 saturated carbocycles. The summed E-state index contributed by atoms with van der Waals surface area (Å²) < 4.78 is 0. The molecule has 3 aliphatic carbocycles. The topological polar surface area (TPSA) is 37.3 Å². The van der Waals surface area contributed by atoms with Crippen LogP contribution >= 0.6 is 0 Å². The molecule has 3 aliphatic rings. The number of hydrogen-bond acceptors (Lipinski definition) is 2. The molecule has 2 nitrogen and oxygen atoms in total. The molecule has 1 N–H and O–H groups in total. The van der Waals surface area contributed by atoms with Gasteiger partial charge < -0.3 is 5.11 Å². The summed E-state index contributed by atoms with van der Waals surface area (Å²) >= 11 is 0. The predicted octanol–water partition coefficient (Wildman–Crippen LogP) is 4.21. The van der Waals surface area contributed by atoms with E-state index in [4.69, 9.17) is 0 Å². The number of carbonyl (C=O) groups is 1. The Morgan fingerprint density at radius 3 is 2.48 bits per heavy atom. The number of aliphatic hydroxyl groups is 1. The highest BCUT2D eigenvalue weighted by Gasteiger charge is 2.56. The molecule has 120 valence electrons. The van der Waals surface area contributed by atoms with E-state index in [2.05, 4.69) is 20.8 Å². The van der Waals surface area contributed by atoms with Crippen molar-refractivity contribution in [1.29, 1.82) is 0 Å². The van der Waals surface area contributed by atoms with E-state index in [0.717, 1.165) is 25.2 Å². The molecule has 0 saturated heterocycles. The van der Waals surface area contributed by atoms with E-state index in [1.165, 1.54) is 25.7 Å². The lowest BCUT2D eigenvalue weighted by Crippen LogP contribution is -2.54. The zero-order valence-corrected chi connectivity index (χ0v) is 14.2. The van der Waals surface area contributed by atoms with Gasteiger partial charge in [-0.15, -0.1) is 0 Å². The Bertz CT molecular complexity index is 431. The molecule has 3 fully saturated rings. The maximum absolute atomic E-state index is 12.2. The number of aliphatic hydroxyl groups excluding tert-OH is 1. The van der Waals surface area contributed by atoms with Crippen molar-refractivity contribution in [3.05, 3.63) is 0 Å². The van der Waals surface area contributed by atoms with Crippen molar-refractivity contribution in [2.24, 2.45) is 34.5 Å². The molecule has 0 amide bonds. The van der Waals surface area contributed by atoms with Crippen molar-refractivity contribution in [3.8, 4) is 0 Å². The molecular formula is C19H32O2. The van der Waals surface area contributed by atoms with Crippen LogP contribution in [-0.2, 0) is 4.79 Å². The average Bonchev–Trinajstić information content (AvgIpc) is 2.43. The van der Waals surface area contributed by atoms with Crippen LogP contribution in [0.25, 0.3) is 0 Å². The summed E-state index contributed by atoms with van der Waals surface area (Å²) in [7, 11) is 0. The fourth-order valence-corrected chi connectivity index (χ4v) is 6.21. The van der Waals surface area contributed by atoms with Crippen molar-refractivity contribution in [2.45, 2.75) is 78.7 Å². The van der Waals surface area contributed by atoms with Crippen LogP contribution in [0.4, 0.5) is 0 Å². The predicted molar refractivity (Wildman–Crippen MR) is 84.9 cm³/mol. The molecular weight excluding hydrogens is 260 g/mol. The van der Waals surface area contributed by atoms with Crippen molar-refractivity contribution in [3.63, 3.8) is 0 Å². The molecule has 0 aromatic rings. The summed E-state index contributed by atoms with van der Waals surface area (Å²) in [5.74, 6) is 3.09. The van der Waals surface area contributed by atoms with Crippen molar-refractivity contribution in [2.75, 3.05) is 0 Å². The second kappa shape index (κ2) is 5.08. The van der Waals surface area contributed by atoms with Gasteiger partial charge in [0.15, 0.2) is 0 Å². The third-order valence-corrected chi connectivity index (χ3v) is 8.14. The standard InChI is InChI=1S/C19H32O2/c1-12-16-6-5-14-11-15(21)7-9-19(14,4)17(16)8-10-18(12,3)13(2)20/h12,14-17,21H,5-11H2,1-4H3. The smallest absolute Gasteiger partial charge is 0.135 e. The van der Waals surface area contributed by atoms with Gasteiger partial charge in [0.1, 0.15) is 5.78 Å². The highest BCUT2D eigenvalue weighted by molar-refractivity contribution is 5.82. The van der Waals surface area contributed by atoms with E-state index in [1.807, 2.05) is 0 Å². The SMILES string of the molecule is CC(=O)C1(C)CCC2C(CCC3CC(O)CCC32C)C1C. The summed E-state index contributed by atoms with van der Waals surface area (Å²) in [6.45, 7) is 8.82. The van der Waals surface area contributed by atoms with Gasteiger partial charge in [-0.3, -0.25) is 4.79 Å². The number of hydrogen-bond donors (Lipinski definition) is 1. The zero-order chi connectivity index (χ0) is 15.4. The highest BCUT2D eigenvalue weighted by atomic mass is 16.3. The molecule has 0 aromatic heterocycles. The Morgan fingerprint density at radius 2 is 1.81 bits per heavy atom. The van der Waals surface area contributed by atoms with Crippen LogP contribution in [0.15, 0.2) is 0 Å². The van der Waals surface area contributed by atoms with Gasteiger partial charge in [-0.2, -0.15) is 0 Å². The molecule has 0 aliphatic heterocycles. The van der Waals surface area contributed by atoms with E-state index in [-0.39, 0.29) is 11.5 Å². The van der Waals surface area contributed by atoms with Crippen LogP contribution < -0.4 is 0 Å². The Labute approximate surface area is 129 Å². The van der Waals surface area contributed by atoms with Crippen molar-refractivity contribution >= 4 is 5.78 Å². The minimum Gasteiger partial charge on any atom is -0.393 e. The maximum Gasteiger partial charge on any atom is 0.135 e. The fraction of sp³-hybridized carbons (Fsp3) is 0.947. The van der Waals surface area contributed by atoms with Gasteiger partial charge in [-0.25, -0.2) is 0 Å². The lowest BCUT2D eigenvalue weighted by atomic mass is 9.44. The first-order valence-corrected chi connectivity index (χ1v) is 8.98. The third-order valence-electron chi connectivity index (χ3n) is 8.14. The van der Waals surface area contributed by atoms with E-state index in [9.17, 15) is 9.90 Å². The largest absolute Gasteiger partial charge is 0.393 e. The van der Waals surface area contributed by atoms with Gasteiger partial charge in [-0.1, -0.05) is 20.8 Å². The monoisotopic (exact) mass is 292 g/mol. The highest BCUT2D eigenvalue weighted by Crippen LogP contribution is 2.62. The molecule has 7 atom stereocenters. The van der Waals surface area contributed by atoms with Crippen LogP contribution in [0, 0.1) is 34.5 Å². The molecule has 21 heavy (non-hydrogen) atoms. The number of rotatable bonds is 1. The third kappa shape index (κ3) is 2.20. The van der Waals surface area contributed by atoms with E-state index in [0.29, 0.717) is 29.0 Å². The zero-order valence-electron chi connectivity index (χ0n) is 14.2. The Morgan fingerprint density at radius 1 is 1.10 bits per heavy atom. The summed E-state index contributed by atoms with van der Waals surface area (Å²) in [5, 5.41) is 10.0.